The first-order chi connectivity index (χ1) is 25.4. The molecule has 0 radical (unpaired) electrons. The van der Waals surface area contributed by atoms with E-state index in [4.69, 9.17) is 6.42 Å². The van der Waals surface area contributed by atoms with Gasteiger partial charge in [-0.25, -0.2) is 9.97 Å². The molecule has 0 saturated heterocycles. The van der Waals surface area contributed by atoms with Gasteiger partial charge in [0.05, 0.1) is 5.52 Å². The smallest absolute Gasteiger partial charge is 0.185 e. The van der Waals surface area contributed by atoms with Crippen molar-refractivity contribution in [2.24, 2.45) is 23.7 Å². The minimum Gasteiger partial charge on any atom is -0.330 e. The van der Waals surface area contributed by atoms with Crippen LogP contribution in [-0.4, -0.2) is 33.0 Å². The number of rotatable bonds is 16. The number of pyridine rings is 2. The maximum Gasteiger partial charge on any atom is 0.185 e. The minimum atomic E-state index is 0.407. The summed E-state index contributed by atoms with van der Waals surface area (Å²) in [7, 11) is 2.05. The summed E-state index contributed by atoms with van der Waals surface area (Å²) in [5.41, 5.74) is 10.7. The highest BCUT2D eigenvalue weighted by Gasteiger charge is 2.23. The molecular weight excluding hydrogens is 647 g/mol. The van der Waals surface area contributed by atoms with Gasteiger partial charge in [0, 0.05) is 23.6 Å². The van der Waals surface area contributed by atoms with Crippen molar-refractivity contribution < 1.29 is 0 Å². The number of hydrogen-bond donors (Lipinski definition) is 2. The van der Waals surface area contributed by atoms with E-state index in [1.165, 1.54) is 78.5 Å². The number of imidazole rings is 1. The summed E-state index contributed by atoms with van der Waals surface area (Å²) >= 11 is 0. The monoisotopic (exact) mass is 722 g/mol. The second-order valence-electron chi connectivity index (χ2n) is 15.8. The number of nitrogens with one attached hydrogen (secondary N) is 2. The van der Waals surface area contributed by atoms with Crippen molar-refractivity contribution in [3.8, 4) is 12.3 Å². The Morgan fingerprint density at radius 2 is 1.68 bits per heavy atom. The summed E-state index contributed by atoms with van der Waals surface area (Å²) < 4.78 is 0. The first kappa shape index (κ1) is 45.7. The van der Waals surface area contributed by atoms with E-state index in [0.29, 0.717) is 11.9 Å². The molecule has 0 saturated carbocycles. The van der Waals surface area contributed by atoms with E-state index in [2.05, 4.69) is 151 Å². The summed E-state index contributed by atoms with van der Waals surface area (Å²) in [6.45, 7) is 24.9. The van der Waals surface area contributed by atoms with E-state index in [1.54, 1.807) is 0 Å². The molecule has 5 heteroatoms. The quantitative estimate of drug-likeness (QED) is 0.114. The van der Waals surface area contributed by atoms with Crippen LogP contribution < -0.4 is 5.32 Å². The second kappa shape index (κ2) is 24.8. The molecule has 4 rings (SSSR count). The fraction of sp³-hybridized carbons (Fsp3) is 0.604. The highest BCUT2D eigenvalue weighted by Crippen LogP contribution is 2.30. The molecule has 0 spiro atoms. The number of fused-ring (bicyclic) bond motifs is 2. The van der Waals surface area contributed by atoms with Crippen LogP contribution in [0.3, 0.4) is 0 Å². The number of aromatic amines is 1. The van der Waals surface area contributed by atoms with Crippen molar-refractivity contribution in [1.29, 1.82) is 0 Å². The van der Waals surface area contributed by atoms with Gasteiger partial charge in [0.25, 0.3) is 0 Å². The molecule has 3 unspecified atom stereocenters. The number of H-pyrrole nitrogens is 1. The van der Waals surface area contributed by atoms with Crippen LogP contribution in [0, 0.1) is 36.0 Å². The van der Waals surface area contributed by atoms with Crippen molar-refractivity contribution in [2.75, 3.05) is 7.05 Å². The molecule has 0 aromatic carbocycles. The Labute approximate surface area is 325 Å². The molecule has 2 N–H and O–H groups in total. The van der Waals surface area contributed by atoms with Crippen LogP contribution in [0.4, 0.5) is 0 Å². The van der Waals surface area contributed by atoms with Crippen LogP contribution in [0.25, 0.3) is 16.7 Å². The van der Waals surface area contributed by atoms with Gasteiger partial charge in [-0.3, -0.25) is 4.98 Å². The van der Waals surface area contributed by atoms with Gasteiger partial charge in [0.15, 0.2) is 11.5 Å². The predicted octanol–water partition coefficient (Wildman–Crippen LogP) is 12.7. The van der Waals surface area contributed by atoms with Gasteiger partial charge in [-0.2, -0.15) is 0 Å². The van der Waals surface area contributed by atoms with E-state index < -0.39 is 0 Å². The fourth-order valence-corrected chi connectivity index (χ4v) is 6.82. The van der Waals surface area contributed by atoms with Crippen molar-refractivity contribution in [3.05, 3.63) is 82.1 Å². The number of allylic oxidation sites excluding steroid dienone is 4. The van der Waals surface area contributed by atoms with E-state index in [1.807, 2.05) is 6.20 Å². The summed E-state index contributed by atoms with van der Waals surface area (Å²) in [5.74, 6) is 6.49. The summed E-state index contributed by atoms with van der Waals surface area (Å²) in [6.07, 6.45) is 28.9. The number of nitrogens with zero attached hydrogens (tertiary/aromatic N) is 3. The molecule has 3 heterocycles. The number of terminal acetylenes is 1. The van der Waals surface area contributed by atoms with Crippen LogP contribution >= 0.6 is 0 Å². The van der Waals surface area contributed by atoms with Gasteiger partial charge >= 0.3 is 0 Å². The molecule has 0 amide bonds. The maximum atomic E-state index is 5.36. The molecule has 4 atom stereocenters. The van der Waals surface area contributed by atoms with E-state index in [-0.39, 0.29) is 0 Å². The van der Waals surface area contributed by atoms with E-state index in [9.17, 15) is 0 Å². The number of hydrogen-bond acceptors (Lipinski definition) is 4. The lowest BCUT2D eigenvalue weighted by atomic mass is 9.80. The molecule has 1 aliphatic rings. The third-order valence-electron chi connectivity index (χ3n) is 11.0. The van der Waals surface area contributed by atoms with E-state index >= 15 is 0 Å². The Kier molecular flexibility index (Phi) is 21.3. The van der Waals surface area contributed by atoms with E-state index in [0.717, 1.165) is 72.6 Å². The van der Waals surface area contributed by atoms with Crippen molar-refractivity contribution in [3.63, 3.8) is 0 Å². The third-order valence-corrected chi connectivity index (χ3v) is 11.0. The average Bonchev–Trinajstić information content (AvgIpc) is 3.58. The van der Waals surface area contributed by atoms with Crippen molar-refractivity contribution in [2.45, 2.75) is 159 Å². The molecular formula is C48H75N5. The zero-order valence-electron chi connectivity index (χ0n) is 35.8. The number of aryl methyl sites for hydroxylation is 2. The number of aromatic nitrogens is 4. The Hall–Kier alpha value is -3.49. The Balaban J connectivity index is 0.000000295. The Bertz CT molecular complexity index is 1630. The molecule has 0 bridgehead atoms. The fourth-order valence-electron chi connectivity index (χ4n) is 6.82. The van der Waals surface area contributed by atoms with Gasteiger partial charge in [-0.05, 0) is 129 Å². The van der Waals surface area contributed by atoms with Gasteiger partial charge < -0.3 is 10.3 Å². The molecule has 0 aliphatic heterocycles. The van der Waals surface area contributed by atoms with Crippen molar-refractivity contribution in [1.82, 2.24) is 25.3 Å². The predicted molar refractivity (Wildman–Crippen MR) is 232 cm³/mol. The van der Waals surface area contributed by atoms with Gasteiger partial charge in [-0.15, -0.1) is 6.42 Å². The zero-order valence-corrected chi connectivity index (χ0v) is 35.8. The summed E-state index contributed by atoms with van der Waals surface area (Å²) in [6, 6.07) is 6.87. The molecule has 1 aliphatic carbocycles. The SMILES string of the molecule is C#Cc1nc2nc3c(cc2[nH]1)CC(C(C)C)CC3.CCCC(C)CCC(C)CC.CCC[C@@H](NC)C(/C=C(\C)CC)=C/C=C(\C)c1ccnc(CC)c1. The third kappa shape index (κ3) is 15.8. The summed E-state index contributed by atoms with van der Waals surface area (Å²) in [4.78, 5) is 16.5. The van der Waals surface area contributed by atoms with Crippen LogP contribution in [0.15, 0.2) is 53.8 Å². The van der Waals surface area contributed by atoms with Gasteiger partial charge in [0.1, 0.15) is 0 Å². The zero-order chi connectivity index (χ0) is 39.3. The molecule has 53 heavy (non-hydrogen) atoms. The van der Waals surface area contributed by atoms with Crippen LogP contribution in [0.5, 0.6) is 0 Å². The molecule has 292 valence electrons. The summed E-state index contributed by atoms with van der Waals surface area (Å²) in [5, 5.41) is 3.46. The minimum absolute atomic E-state index is 0.407. The van der Waals surface area contributed by atoms with Crippen molar-refractivity contribution >= 4 is 16.7 Å². The second-order valence-corrected chi connectivity index (χ2v) is 15.8. The standard InChI is InChI=1S/C22H34N2.C15H17N3.C11H24/c1-7-10-22(23-6)20(15-17(4)8-2)12-11-18(5)19-13-14-24-21(9-3)16-19;1-4-14-16-13-8-11-7-10(9(2)3)5-6-12(11)17-15(13)18-14;1-5-7-11(4)9-8-10(3)6-2/h11-16,22-23H,7-10H2,1-6H3;1,8-10H,5-7H2,2-3H3,(H,16,17,18);10-11H,5-9H2,1-4H3/b17-15+,18-11+,20-12+;;/t22-;;/m1../s1. The Morgan fingerprint density at radius 1 is 0.962 bits per heavy atom. The van der Waals surface area contributed by atoms with Crippen LogP contribution in [0.1, 0.15) is 162 Å². The van der Waals surface area contributed by atoms with Gasteiger partial charge in [0.2, 0.25) is 0 Å². The van der Waals surface area contributed by atoms with Crippen LogP contribution in [0.2, 0.25) is 0 Å². The van der Waals surface area contributed by atoms with Crippen LogP contribution in [-0.2, 0) is 19.3 Å². The van der Waals surface area contributed by atoms with Gasteiger partial charge in [-0.1, -0.05) is 125 Å². The molecule has 3 aromatic heterocycles. The first-order valence-corrected chi connectivity index (χ1v) is 21.0. The lowest BCUT2D eigenvalue weighted by molar-refractivity contribution is 0.340. The molecule has 3 aromatic rings. The molecule has 5 nitrogen and oxygen atoms in total. The number of likely N-dealkylation sites (N-methyl/N-ethyl adjacent to an activating group) is 1. The highest BCUT2D eigenvalue weighted by atomic mass is 15.0. The topological polar surface area (TPSA) is 66.5 Å². The average molecular weight is 722 g/mol. The normalized spacial score (nSPS) is 16.5. The first-order valence-electron chi connectivity index (χ1n) is 21.0. The Morgan fingerprint density at radius 3 is 2.28 bits per heavy atom. The molecule has 0 fully saturated rings. The largest absolute Gasteiger partial charge is 0.330 e. The maximum absolute atomic E-state index is 5.36. The highest BCUT2D eigenvalue weighted by molar-refractivity contribution is 5.73. The lowest BCUT2D eigenvalue weighted by Gasteiger charge is -2.26. The lowest BCUT2D eigenvalue weighted by Crippen LogP contribution is -2.26.